The van der Waals surface area contributed by atoms with Crippen molar-refractivity contribution in [3.63, 3.8) is 0 Å². The van der Waals surface area contributed by atoms with Crippen molar-refractivity contribution in [3.05, 3.63) is 60.2 Å². The summed E-state index contributed by atoms with van der Waals surface area (Å²) in [6, 6.07) is 17.2. The van der Waals surface area contributed by atoms with Gasteiger partial charge in [0, 0.05) is 17.8 Å². The fraction of sp³-hybridized carbons (Fsp3) is 0.294. The zero-order chi connectivity index (χ0) is 15.1. The van der Waals surface area contributed by atoms with E-state index in [1.165, 1.54) is 0 Å². The minimum atomic E-state index is -0.803. The molecule has 4 heteroatoms. The summed E-state index contributed by atoms with van der Waals surface area (Å²) < 4.78 is 5.77. The molecule has 2 aromatic carbocycles. The predicted octanol–water partition coefficient (Wildman–Crippen LogP) is 2.73. The lowest BCUT2D eigenvalue weighted by Crippen LogP contribution is -2.20. The van der Waals surface area contributed by atoms with Crippen LogP contribution in [0.25, 0.3) is 0 Å². The highest BCUT2D eigenvalue weighted by molar-refractivity contribution is 5.46. The first-order valence-electron chi connectivity index (χ1n) is 7.03. The molecule has 0 bridgehead atoms. The molecule has 1 unspecified atom stereocenters. The number of anilines is 1. The van der Waals surface area contributed by atoms with Crippen LogP contribution < -0.4 is 10.1 Å². The van der Waals surface area contributed by atoms with Crippen LogP contribution in [-0.4, -0.2) is 37.3 Å². The summed E-state index contributed by atoms with van der Waals surface area (Å²) in [4.78, 5) is 2.06. The third-order valence-corrected chi connectivity index (χ3v) is 3.09. The Balaban J connectivity index is 2.04. The van der Waals surface area contributed by atoms with E-state index in [0.29, 0.717) is 12.4 Å². The summed E-state index contributed by atoms with van der Waals surface area (Å²) in [5.74, 6) is 0.704. The molecule has 0 aliphatic carbocycles. The highest BCUT2D eigenvalue weighted by Gasteiger charge is 2.12. The third kappa shape index (κ3) is 4.77. The van der Waals surface area contributed by atoms with Crippen molar-refractivity contribution in [2.75, 3.05) is 32.6 Å². The van der Waals surface area contributed by atoms with Gasteiger partial charge in [-0.05, 0) is 32.3 Å². The van der Waals surface area contributed by atoms with E-state index in [1.54, 1.807) is 0 Å². The first-order chi connectivity index (χ1) is 10.2. The van der Waals surface area contributed by atoms with E-state index >= 15 is 0 Å². The van der Waals surface area contributed by atoms with Crippen LogP contribution >= 0.6 is 0 Å². The maximum atomic E-state index is 10.4. The van der Waals surface area contributed by atoms with Crippen LogP contribution in [0.15, 0.2) is 54.6 Å². The van der Waals surface area contributed by atoms with Gasteiger partial charge in [-0.1, -0.05) is 36.4 Å². The predicted molar refractivity (Wildman–Crippen MR) is 85.5 cm³/mol. The molecule has 0 saturated carbocycles. The summed E-state index contributed by atoms with van der Waals surface area (Å²) in [5.41, 5.74) is 1.60. The second-order valence-corrected chi connectivity index (χ2v) is 5.10. The second kappa shape index (κ2) is 7.67. The average molecular weight is 286 g/mol. The molecule has 0 amide bonds. The summed E-state index contributed by atoms with van der Waals surface area (Å²) in [7, 11) is 4.00. The molecular formula is C17H22N2O2. The number of benzene rings is 2. The lowest BCUT2D eigenvalue weighted by molar-refractivity contribution is 0.196. The van der Waals surface area contributed by atoms with E-state index in [9.17, 15) is 5.11 Å². The Morgan fingerprint density at radius 3 is 2.43 bits per heavy atom. The van der Waals surface area contributed by atoms with Crippen molar-refractivity contribution in [1.82, 2.24) is 4.90 Å². The molecule has 0 aliphatic heterocycles. The van der Waals surface area contributed by atoms with E-state index in [2.05, 4.69) is 10.2 Å². The van der Waals surface area contributed by atoms with Gasteiger partial charge in [-0.15, -0.1) is 0 Å². The van der Waals surface area contributed by atoms with Crippen molar-refractivity contribution in [2.45, 2.75) is 6.23 Å². The Labute approximate surface area is 126 Å². The van der Waals surface area contributed by atoms with Crippen LogP contribution in [0, 0.1) is 0 Å². The largest absolute Gasteiger partial charge is 0.492 e. The summed E-state index contributed by atoms with van der Waals surface area (Å²) in [6.45, 7) is 1.42. The maximum Gasteiger partial charge on any atom is 0.154 e. The SMILES string of the molecule is CN(C)CCOc1ccccc1C(O)Nc1ccccc1. The van der Waals surface area contributed by atoms with Gasteiger partial charge >= 0.3 is 0 Å². The summed E-state index contributed by atoms with van der Waals surface area (Å²) >= 11 is 0. The first kappa shape index (κ1) is 15.4. The Morgan fingerprint density at radius 2 is 1.71 bits per heavy atom. The zero-order valence-electron chi connectivity index (χ0n) is 12.5. The molecule has 112 valence electrons. The van der Waals surface area contributed by atoms with Crippen molar-refractivity contribution >= 4 is 5.69 Å². The first-order valence-corrected chi connectivity index (χ1v) is 7.03. The Bertz CT molecular complexity index is 543. The van der Waals surface area contributed by atoms with Gasteiger partial charge in [0.2, 0.25) is 0 Å². The summed E-state index contributed by atoms with van der Waals surface area (Å²) in [6.07, 6.45) is -0.803. The van der Waals surface area contributed by atoms with Crippen molar-refractivity contribution in [2.24, 2.45) is 0 Å². The van der Waals surface area contributed by atoms with Crippen LogP contribution in [0.3, 0.4) is 0 Å². The fourth-order valence-electron chi connectivity index (χ4n) is 1.95. The zero-order valence-corrected chi connectivity index (χ0v) is 12.5. The van der Waals surface area contributed by atoms with Crippen LogP contribution in [-0.2, 0) is 0 Å². The van der Waals surface area contributed by atoms with Gasteiger partial charge in [-0.25, -0.2) is 0 Å². The van der Waals surface area contributed by atoms with Gasteiger partial charge in [-0.3, -0.25) is 0 Å². The molecule has 1 atom stereocenters. The number of aliphatic hydroxyl groups excluding tert-OH is 1. The summed E-state index contributed by atoms with van der Waals surface area (Å²) in [5, 5.41) is 13.4. The molecule has 0 aromatic heterocycles. The molecular weight excluding hydrogens is 264 g/mol. The van der Waals surface area contributed by atoms with Crippen LogP contribution in [0.4, 0.5) is 5.69 Å². The molecule has 0 saturated heterocycles. The molecule has 2 rings (SSSR count). The van der Waals surface area contributed by atoms with Gasteiger partial charge in [0.25, 0.3) is 0 Å². The van der Waals surface area contributed by atoms with E-state index in [4.69, 9.17) is 4.74 Å². The second-order valence-electron chi connectivity index (χ2n) is 5.10. The molecule has 4 nitrogen and oxygen atoms in total. The topological polar surface area (TPSA) is 44.7 Å². The highest BCUT2D eigenvalue weighted by atomic mass is 16.5. The molecule has 0 aliphatic rings. The third-order valence-electron chi connectivity index (χ3n) is 3.09. The number of para-hydroxylation sites is 2. The highest BCUT2D eigenvalue weighted by Crippen LogP contribution is 2.26. The molecule has 0 heterocycles. The monoisotopic (exact) mass is 286 g/mol. The standard InChI is InChI=1S/C17H22N2O2/c1-19(2)12-13-21-16-11-7-6-10-15(16)17(20)18-14-8-4-3-5-9-14/h3-11,17-18,20H,12-13H2,1-2H3. The minimum Gasteiger partial charge on any atom is -0.492 e. The lowest BCUT2D eigenvalue weighted by atomic mass is 10.1. The van der Waals surface area contributed by atoms with Crippen LogP contribution in [0.2, 0.25) is 0 Å². The number of hydrogen-bond donors (Lipinski definition) is 2. The number of nitrogens with one attached hydrogen (secondary N) is 1. The van der Waals surface area contributed by atoms with Gasteiger partial charge in [0.05, 0.1) is 0 Å². The number of ether oxygens (including phenoxy) is 1. The van der Waals surface area contributed by atoms with Crippen molar-refractivity contribution in [1.29, 1.82) is 0 Å². The van der Waals surface area contributed by atoms with E-state index in [0.717, 1.165) is 17.8 Å². The molecule has 21 heavy (non-hydrogen) atoms. The van der Waals surface area contributed by atoms with E-state index < -0.39 is 6.23 Å². The van der Waals surface area contributed by atoms with Gasteiger partial charge in [-0.2, -0.15) is 0 Å². The quantitative estimate of drug-likeness (QED) is 0.768. The number of nitrogens with zero attached hydrogens (tertiary/aromatic N) is 1. The maximum absolute atomic E-state index is 10.4. The van der Waals surface area contributed by atoms with Crippen LogP contribution in [0.1, 0.15) is 11.8 Å². The van der Waals surface area contributed by atoms with Crippen molar-refractivity contribution in [3.8, 4) is 5.75 Å². The van der Waals surface area contributed by atoms with Gasteiger partial charge in [0.15, 0.2) is 6.23 Å². The molecule has 0 spiro atoms. The normalized spacial score (nSPS) is 12.2. The molecule has 2 aromatic rings. The fourth-order valence-corrected chi connectivity index (χ4v) is 1.95. The molecule has 0 fully saturated rings. The van der Waals surface area contributed by atoms with Crippen LogP contribution in [0.5, 0.6) is 5.75 Å². The Hall–Kier alpha value is -2.04. The Kier molecular flexibility index (Phi) is 5.60. The molecule has 2 N–H and O–H groups in total. The van der Waals surface area contributed by atoms with E-state index in [-0.39, 0.29) is 0 Å². The smallest absolute Gasteiger partial charge is 0.154 e. The lowest BCUT2D eigenvalue weighted by Gasteiger charge is -2.19. The Morgan fingerprint density at radius 1 is 1.05 bits per heavy atom. The van der Waals surface area contributed by atoms with Gasteiger partial charge in [0.1, 0.15) is 12.4 Å². The minimum absolute atomic E-state index is 0.585. The average Bonchev–Trinajstić information content (AvgIpc) is 2.48. The molecule has 0 radical (unpaired) electrons. The number of likely N-dealkylation sites (N-methyl/N-ethyl adjacent to an activating group) is 1. The van der Waals surface area contributed by atoms with Gasteiger partial charge < -0.3 is 20.1 Å². The number of aliphatic hydroxyl groups is 1. The number of hydrogen-bond acceptors (Lipinski definition) is 4. The number of rotatable bonds is 7. The van der Waals surface area contributed by atoms with E-state index in [1.807, 2.05) is 68.7 Å². The van der Waals surface area contributed by atoms with Crippen molar-refractivity contribution < 1.29 is 9.84 Å².